The van der Waals surface area contributed by atoms with Gasteiger partial charge in [-0.2, -0.15) is 0 Å². The van der Waals surface area contributed by atoms with E-state index in [1.54, 1.807) is 14.0 Å². The van der Waals surface area contributed by atoms with Crippen LogP contribution >= 0.6 is 0 Å². The number of nitro groups is 1. The van der Waals surface area contributed by atoms with Crippen molar-refractivity contribution in [3.8, 4) is 0 Å². The van der Waals surface area contributed by atoms with Crippen molar-refractivity contribution in [1.82, 2.24) is 5.32 Å². The summed E-state index contributed by atoms with van der Waals surface area (Å²) in [5.41, 5.74) is 1.01. The lowest BCUT2D eigenvalue weighted by atomic mass is 10.2. The van der Waals surface area contributed by atoms with E-state index < -0.39 is 0 Å². The van der Waals surface area contributed by atoms with E-state index in [1.165, 1.54) is 0 Å². The van der Waals surface area contributed by atoms with Gasteiger partial charge in [-0.3, -0.25) is 10.1 Å². The summed E-state index contributed by atoms with van der Waals surface area (Å²) in [6.45, 7) is 3.68. The van der Waals surface area contributed by atoms with Gasteiger partial charge in [-0.1, -0.05) is 13.8 Å². The van der Waals surface area contributed by atoms with Crippen molar-refractivity contribution in [3.05, 3.63) is 21.5 Å². The highest BCUT2D eigenvalue weighted by Crippen LogP contribution is 2.09. The van der Waals surface area contributed by atoms with E-state index in [0.29, 0.717) is 12.8 Å². The van der Waals surface area contributed by atoms with E-state index in [1.807, 2.05) is 6.92 Å². The van der Waals surface area contributed by atoms with Gasteiger partial charge < -0.3 is 5.32 Å². The normalized spacial score (nSPS) is 12.3. The van der Waals surface area contributed by atoms with Crippen LogP contribution in [0.15, 0.2) is 11.4 Å². The molecular formula is C7H14N2O2. The number of hydrogen-bond donors (Lipinski definition) is 1. The molecule has 0 bridgehead atoms. The molecule has 4 heteroatoms. The largest absolute Gasteiger partial charge is 0.386 e. The first-order valence-electron chi connectivity index (χ1n) is 3.71. The lowest BCUT2D eigenvalue weighted by Crippen LogP contribution is -2.12. The van der Waals surface area contributed by atoms with Crippen LogP contribution in [0.1, 0.15) is 26.7 Å². The molecule has 0 aromatic heterocycles. The van der Waals surface area contributed by atoms with Gasteiger partial charge in [0.1, 0.15) is 0 Å². The minimum atomic E-state index is -0.324. The van der Waals surface area contributed by atoms with E-state index in [4.69, 9.17) is 0 Å². The molecule has 0 aliphatic rings. The molecule has 0 saturated carbocycles. The molecule has 0 heterocycles. The monoisotopic (exact) mass is 158 g/mol. The minimum absolute atomic E-state index is 0.287. The van der Waals surface area contributed by atoms with Crippen molar-refractivity contribution in [2.24, 2.45) is 0 Å². The number of hydrogen-bond acceptors (Lipinski definition) is 3. The maximum Gasteiger partial charge on any atom is 0.264 e. The van der Waals surface area contributed by atoms with Crippen LogP contribution in [0.5, 0.6) is 0 Å². The lowest BCUT2D eigenvalue weighted by molar-refractivity contribution is -0.429. The first-order valence-corrected chi connectivity index (χ1v) is 3.71. The average Bonchev–Trinajstić information content (AvgIpc) is 1.99. The minimum Gasteiger partial charge on any atom is -0.386 e. The van der Waals surface area contributed by atoms with E-state index in [9.17, 15) is 10.1 Å². The molecule has 0 aromatic rings. The Morgan fingerprint density at radius 2 is 2.00 bits per heavy atom. The summed E-state index contributed by atoms with van der Waals surface area (Å²) in [6, 6.07) is 0. The van der Waals surface area contributed by atoms with E-state index in [-0.39, 0.29) is 10.6 Å². The molecule has 11 heavy (non-hydrogen) atoms. The fourth-order valence-electron chi connectivity index (χ4n) is 0.978. The zero-order valence-corrected chi connectivity index (χ0v) is 7.18. The van der Waals surface area contributed by atoms with Gasteiger partial charge in [-0.05, 0) is 6.42 Å². The highest BCUT2D eigenvalue weighted by atomic mass is 16.6. The Labute approximate surface area is 66.4 Å². The van der Waals surface area contributed by atoms with Crippen LogP contribution in [0.25, 0.3) is 0 Å². The summed E-state index contributed by atoms with van der Waals surface area (Å²) < 4.78 is 0. The predicted octanol–water partition coefficient (Wildman–Crippen LogP) is 1.51. The standard InChI is InChI=1S/C7H14N2O2/c1-4-6(8-3)7(5-2)9(10)11/h8H,4-5H2,1-3H3/b7-6+. The summed E-state index contributed by atoms with van der Waals surface area (Å²) >= 11 is 0. The Morgan fingerprint density at radius 1 is 1.45 bits per heavy atom. The quantitative estimate of drug-likeness (QED) is 0.498. The summed E-state index contributed by atoms with van der Waals surface area (Å²) in [5, 5.41) is 13.2. The van der Waals surface area contributed by atoms with Crippen molar-refractivity contribution < 1.29 is 4.92 Å². The second kappa shape index (κ2) is 4.71. The molecule has 0 aromatic carbocycles. The van der Waals surface area contributed by atoms with E-state index in [2.05, 4.69) is 5.32 Å². The van der Waals surface area contributed by atoms with Gasteiger partial charge in [0.05, 0.1) is 10.6 Å². The maximum absolute atomic E-state index is 10.4. The number of rotatable bonds is 4. The van der Waals surface area contributed by atoms with Crippen LogP contribution in [-0.4, -0.2) is 12.0 Å². The summed E-state index contributed by atoms with van der Waals surface area (Å²) in [4.78, 5) is 10.1. The van der Waals surface area contributed by atoms with Crippen LogP contribution in [-0.2, 0) is 0 Å². The van der Waals surface area contributed by atoms with Crippen molar-refractivity contribution in [1.29, 1.82) is 0 Å². The Kier molecular flexibility index (Phi) is 4.26. The fourth-order valence-corrected chi connectivity index (χ4v) is 0.978. The van der Waals surface area contributed by atoms with E-state index in [0.717, 1.165) is 5.70 Å². The zero-order chi connectivity index (χ0) is 8.85. The SMILES string of the molecule is CC/C(NC)=C(/CC)[N+](=O)[O-]. The molecule has 0 aliphatic carbocycles. The van der Waals surface area contributed by atoms with Gasteiger partial charge in [0.15, 0.2) is 0 Å². The van der Waals surface area contributed by atoms with Crippen molar-refractivity contribution in [2.45, 2.75) is 26.7 Å². The molecule has 0 atom stereocenters. The van der Waals surface area contributed by atoms with Crippen LogP contribution in [0.3, 0.4) is 0 Å². The molecule has 0 aliphatic heterocycles. The molecule has 0 unspecified atom stereocenters. The topological polar surface area (TPSA) is 55.2 Å². The van der Waals surface area contributed by atoms with Crippen molar-refractivity contribution in [3.63, 3.8) is 0 Å². The van der Waals surface area contributed by atoms with Crippen LogP contribution in [0.4, 0.5) is 0 Å². The smallest absolute Gasteiger partial charge is 0.264 e. The third-order valence-electron chi connectivity index (χ3n) is 1.56. The van der Waals surface area contributed by atoms with Gasteiger partial charge in [0.25, 0.3) is 5.70 Å². The van der Waals surface area contributed by atoms with Crippen molar-refractivity contribution in [2.75, 3.05) is 7.05 Å². The highest BCUT2D eigenvalue weighted by Gasteiger charge is 2.12. The molecule has 4 nitrogen and oxygen atoms in total. The Balaban J connectivity index is 4.62. The second-order valence-electron chi connectivity index (χ2n) is 2.14. The Morgan fingerprint density at radius 3 is 2.09 bits per heavy atom. The van der Waals surface area contributed by atoms with Gasteiger partial charge in [-0.15, -0.1) is 0 Å². The zero-order valence-electron chi connectivity index (χ0n) is 7.18. The molecule has 0 amide bonds. The molecule has 1 N–H and O–H groups in total. The van der Waals surface area contributed by atoms with Crippen molar-refractivity contribution >= 4 is 0 Å². The first-order chi connectivity index (χ1) is 5.17. The molecule has 0 rings (SSSR count). The number of nitrogens with zero attached hydrogens (tertiary/aromatic N) is 1. The molecule has 64 valence electrons. The summed E-state index contributed by atoms with van der Waals surface area (Å²) in [6.07, 6.45) is 1.15. The average molecular weight is 158 g/mol. The molecule has 0 radical (unpaired) electrons. The van der Waals surface area contributed by atoms with E-state index >= 15 is 0 Å². The molecule has 0 spiro atoms. The molecular weight excluding hydrogens is 144 g/mol. The lowest BCUT2D eigenvalue weighted by Gasteiger charge is -2.03. The second-order valence-corrected chi connectivity index (χ2v) is 2.14. The molecule has 0 saturated heterocycles. The maximum atomic E-state index is 10.4. The summed E-state index contributed by atoms with van der Waals surface area (Å²) in [5.74, 6) is 0. The highest BCUT2D eigenvalue weighted by molar-refractivity contribution is 5.03. The number of allylic oxidation sites excluding steroid dienone is 2. The summed E-state index contributed by atoms with van der Waals surface area (Å²) in [7, 11) is 1.71. The third kappa shape index (κ3) is 2.57. The molecule has 0 fully saturated rings. The fraction of sp³-hybridized carbons (Fsp3) is 0.714. The third-order valence-corrected chi connectivity index (χ3v) is 1.56. The van der Waals surface area contributed by atoms with Crippen LogP contribution < -0.4 is 5.32 Å². The van der Waals surface area contributed by atoms with Gasteiger partial charge in [0.2, 0.25) is 0 Å². The Bertz CT molecular complexity index is 169. The van der Waals surface area contributed by atoms with Crippen LogP contribution in [0, 0.1) is 10.1 Å². The van der Waals surface area contributed by atoms with Crippen LogP contribution in [0.2, 0.25) is 0 Å². The van der Waals surface area contributed by atoms with Gasteiger partial charge in [0, 0.05) is 13.5 Å². The van der Waals surface area contributed by atoms with Gasteiger partial charge >= 0.3 is 0 Å². The Hall–Kier alpha value is -1.06. The number of nitrogens with one attached hydrogen (secondary N) is 1. The first kappa shape index (κ1) is 9.94. The van der Waals surface area contributed by atoms with Gasteiger partial charge in [-0.25, -0.2) is 0 Å². The predicted molar refractivity (Wildman–Crippen MR) is 43.7 cm³/mol.